The molecule has 1 heterocycles. The summed E-state index contributed by atoms with van der Waals surface area (Å²) < 4.78 is 22.9. The number of hydrogen-bond donors (Lipinski definition) is 4. The van der Waals surface area contributed by atoms with Gasteiger partial charge < -0.3 is 39.4 Å². The highest BCUT2D eigenvalue weighted by molar-refractivity contribution is 5.69. The van der Waals surface area contributed by atoms with Gasteiger partial charge in [-0.3, -0.25) is 4.79 Å². The van der Waals surface area contributed by atoms with E-state index in [1.165, 1.54) is 116 Å². The van der Waals surface area contributed by atoms with E-state index in [0.717, 1.165) is 96.3 Å². The normalized spacial score (nSPS) is 19.5. The Morgan fingerprint density at radius 3 is 1.31 bits per heavy atom. The summed E-state index contributed by atoms with van der Waals surface area (Å²) in [5.41, 5.74) is 0. The van der Waals surface area contributed by atoms with Gasteiger partial charge in [0.1, 0.15) is 30.5 Å². The number of hydrogen-bond acceptors (Lipinski definition) is 9. The summed E-state index contributed by atoms with van der Waals surface area (Å²) in [6.45, 7) is 4.41. The molecule has 0 saturated carbocycles. The van der Waals surface area contributed by atoms with Crippen LogP contribution in [0.2, 0.25) is 0 Å². The molecule has 1 saturated heterocycles. The Labute approximate surface area is 429 Å². The first-order valence-electron chi connectivity index (χ1n) is 28.7. The van der Waals surface area contributed by atoms with Gasteiger partial charge in [-0.2, -0.15) is 0 Å². The maximum Gasteiger partial charge on any atom is 0.306 e. The molecule has 1 aliphatic rings. The molecular weight excluding hydrogens is 877 g/mol. The van der Waals surface area contributed by atoms with Crippen LogP contribution < -0.4 is 0 Å². The van der Waals surface area contributed by atoms with Gasteiger partial charge in [-0.15, -0.1) is 0 Å². The van der Waals surface area contributed by atoms with E-state index in [1.807, 2.05) is 0 Å². The van der Waals surface area contributed by atoms with Crippen LogP contribution in [-0.4, -0.2) is 89.6 Å². The maximum absolute atomic E-state index is 12.9. The fourth-order valence-corrected chi connectivity index (χ4v) is 8.41. The zero-order valence-corrected chi connectivity index (χ0v) is 44.7. The molecule has 9 heteroatoms. The van der Waals surface area contributed by atoms with Crippen LogP contribution in [0.1, 0.15) is 232 Å². The molecule has 0 aromatic heterocycles. The van der Waals surface area contributed by atoms with Crippen LogP contribution in [0.15, 0.2) is 85.1 Å². The highest BCUT2D eigenvalue weighted by Gasteiger charge is 2.44. The number of aliphatic hydroxyl groups excluding tert-OH is 4. The number of allylic oxidation sites excluding steroid dienone is 14. The van der Waals surface area contributed by atoms with E-state index >= 15 is 0 Å². The minimum absolute atomic E-state index is 0.125. The highest BCUT2D eigenvalue weighted by atomic mass is 16.7. The van der Waals surface area contributed by atoms with Crippen LogP contribution in [0, 0.1) is 0 Å². The van der Waals surface area contributed by atoms with Crippen molar-refractivity contribution in [1.29, 1.82) is 0 Å². The average Bonchev–Trinajstić information content (AvgIpc) is 3.36. The molecular formula is C61H106O9. The van der Waals surface area contributed by atoms with Gasteiger partial charge in [-0.05, 0) is 70.6 Å². The Morgan fingerprint density at radius 1 is 0.471 bits per heavy atom. The molecule has 1 aliphatic heterocycles. The lowest BCUT2D eigenvalue weighted by Gasteiger charge is -2.39. The topological polar surface area (TPSA) is 135 Å². The molecule has 9 nitrogen and oxygen atoms in total. The van der Waals surface area contributed by atoms with Crippen molar-refractivity contribution in [2.45, 2.75) is 269 Å². The van der Waals surface area contributed by atoms with E-state index in [-0.39, 0.29) is 19.2 Å². The van der Waals surface area contributed by atoms with E-state index in [0.29, 0.717) is 13.0 Å². The summed E-state index contributed by atoms with van der Waals surface area (Å²) in [7, 11) is 0. The number of unbranched alkanes of at least 4 members (excludes halogenated alkanes) is 24. The summed E-state index contributed by atoms with van der Waals surface area (Å²) in [6, 6.07) is 0. The summed E-state index contributed by atoms with van der Waals surface area (Å²) in [6.07, 6.45) is 63.4. The second-order valence-corrected chi connectivity index (χ2v) is 19.4. The number of ether oxygens (including phenoxy) is 4. The second kappa shape index (κ2) is 51.3. The van der Waals surface area contributed by atoms with Gasteiger partial charge in [0.25, 0.3) is 0 Å². The third-order valence-corrected chi connectivity index (χ3v) is 12.8. The van der Waals surface area contributed by atoms with Gasteiger partial charge in [0.15, 0.2) is 6.29 Å². The summed E-state index contributed by atoms with van der Waals surface area (Å²) in [5, 5.41) is 40.3. The Hall–Kier alpha value is -2.63. The molecule has 1 rings (SSSR count). The fraction of sp³-hybridized carbons (Fsp3) is 0.754. The van der Waals surface area contributed by atoms with Crippen LogP contribution in [-0.2, 0) is 23.7 Å². The predicted molar refractivity (Wildman–Crippen MR) is 293 cm³/mol. The minimum atomic E-state index is -1.55. The Kier molecular flexibility index (Phi) is 47.9. The average molecular weight is 984 g/mol. The Balaban J connectivity index is 2.20. The molecule has 0 aliphatic carbocycles. The molecule has 0 aromatic rings. The number of carbonyl (C=O) groups excluding carboxylic acids is 1. The van der Waals surface area contributed by atoms with Crippen molar-refractivity contribution in [3.8, 4) is 0 Å². The Bertz CT molecular complexity index is 1350. The summed E-state index contributed by atoms with van der Waals surface area (Å²) in [5.74, 6) is -0.322. The van der Waals surface area contributed by atoms with E-state index in [2.05, 4.69) is 98.9 Å². The number of carbonyl (C=O) groups is 1. The highest BCUT2D eigenvalue weighted by Crippen LogP contribution is 2.23. The van der Waals surface area contributed by atoms with Crippen molar-refractivity contribution < 1.29 is 44.2 Å². The molecule has 1 fully saturated rings. The van der Waals surface area contributed by atoms with E-state index in [4.69, 9.17) is 18.9 Å². The quantitative estimate of drug-likeness (QED) is 0.0267. The van der Waals surface area contributed by atoms with Crippen molar-refractivity contribution in [2.75, 3.05) is 26.4 Å². The number of esters is 1. The zero-order valence-electron chi connectivity index (χ0n) is 44.7. The first-order chi connectivity index (χ1) is 34.4. The SMILES string of the molecule is CC/C=C\C/C=C\C/C=C\C/C=C\C/C=C\C/C=C\C/C=C\CCCCCCOCC(COC1OC(CO)C(O)C(O)C1O)OC(=O)CCCCCCCCCCCCCCCCCCCCCCC. The van der Waals surface area contributed by atoms with Crippen LogP contribution in [0.3, 0.4) is 0 Å². The molecule has 4 N–H and O–H groups in total. The predicted octanol–water partition coefficient (Wildman–Crippen LogP) is 14.9. The maximum atomic E-state index is 12.9. The van der Waals surface area contributed by atoms with E-state index < -0.39 is 43.4 Å². The van der Waals surface area contributed by atoms with Gasteiger partial charge in [-0.1, -0.05) is 240 Å². The molecule has 70 heavy (non-hydrogen) atoms. The van der Waals surface area contributed by atoms with Crippen LogP contribution in [0.4, 0.5) is 0 Å². The number of aliphatic hydroxyl groups is 4. The lowest BCUT2D eigenvalue weighted by Crippen LogP contribution is -2.59. The van der Waals surface area contributed by atoms with Crippen molar-refractivity contribution in [2.24, 2.45) is 0 Å². The standard InChI is InChI=1S/C61H106O9/c1-3-5-7-9-11-13-15-17-19-21-23-25-26-27-28-29-31-33-35-37-39-41-43-45-47-49-51-67-53-55(54-68-61-60(66)59(65)58(64)56(52-62)70-61)69-57(63)50-48-46-44-42-40-38-36-34-32-30-24-22-20-18-16-14-12-10-8-6-4-2/h5,7,11,13,17,19,23,25,27-28,31,33,37,39,55-56,58-62,64-66H,3-4,6,8-10,12,14-16,18,20-22,24,26,29-30,32,34-36,38,40-54H2,1-2H3/b7-5-,13-11-,19-17-,25-23-,28-27-,33-31-,39-37-. The molecule has 0 amide bonds. The van der Waals surface area contributed by atoms with Gasteiger partial charge in [0, 0.05) is 13.0 Å². The van der Waals surface area contributed by atoms with Gasteiger partial charge in [0.05, 0.1) is 19.8 Å². The smallest absolute Gasteiger partial charge is 0.306 e. The number of rotatable bonds is 49. The second-order valence-electron chi connectivity index (χ2n) is 19.4. The van der Waals surface area contributed by atoms with Crippen molar-refractivity contribution in [3.05, 3.63) is 85.1 Å². The van der Waals surface area contributed by atoms with Crippen molar-refractivity contribution in [3.63, 3.8) is 0 Å². The molecule has 0 spiro atoms. The summed E-state index contributed by atoms with van der Waals surface area (Å²) >= 11 is 0. The third-order valence-electron chi connectivity index (χ3n) is 12.8. The first kappa shape index (κ1) is 65.4. The third kappa shape index (κ3) is 40.9. The van der Waals surface area contributed by atoms with Crippen molar-refractivity contribution >= 4 is 5.97 Å². The largest absolute Gasteiger partial charge is 0.457 e. The monoisotopic (exact) mass is 983 g/mol. The molecule has 0 aromatic carbocycles. The Morgan fingerprint density at radius 2 is 0.871 bits per heavy atom. The lowest BCUT2D eigenvalue weighted by atomic mass is 9.99. The van der Waals surface area contributed by atoms with E-state index in [9.17, 15) is 25.2 Å². The van der Waals surface area contributed by atoms with Crippen LogP contribution >= 0.6 is 0 Å². The molecule has 6 atom stereocenters. The molecule has 6 unspecified atom stereocenters. The molecule has 404 valence electrons. The van der Waals surface area contributed by atoms with Gasteiger partial charge in [0.2, 0.25) is 0 Å². The molecule has 0 bridgehead atoms. The fourth-order valence-electron chi connectivity index (χ4n) is 8.41. The van der Waals surface area contributed by atoms with Gasteiger partial charge in [-0.25, -0.2) is 0 Å². The van der Waals surface area contributed by atoms with E-state index in [1.54, 1.807) is 0 Å². The minimum Gasteiger partial charge on any atom is -0.457 e. The summed E-state index contributed by atoms with van der Waals surface area (Å²) in [4.78, 5) is 12.9. The molecule has 0 radical (unpaired) electrons. The lowest BCUT2D eigenvalue weighted by molar-refractivity contribution is -0.305. The van der Waals surface area contributed by atoms with Crippen LogP contribution in [0.5, 0.6) is 0 Å². The van der Waals surface area contributed by atoms with Crippen LogP contribution in [0.25, 0.3) is 0 Å². The zero-order chi connectivity index (χ0) is 50.6. The van der Waals surface area contributed by atoms with Crippen molar-refractivity contribution in [1.82, 2.24) is 0 Å². The van der Waals surface area contributed by atoms with Gasteiger partial charge >= 0.3 is 5.97 Å². The first-order valence-corrected chi connectivity index (χ1v) is 28.7.